The number of rotatable bonds is 5. The van der Waals surface area contributed by atoms with Gasteiger partial charge in [-0.3, -0.25) is 14.4 Å². The zero-order valence-corrected chi connectivity index (χ0v) is 13.0. The predicted molar refractivity (Wildman–Crippen MR) is 80.9 cm³/mol. The van der Waals surface area contributed by atoms with Gasteiger partial charge in [0.05, 0.1) is 5.92 Å². The minimum atomic E-state index is -1.30. The van der Waals surface area contributed by atoms with Gasteiger partial charge in [0.2, 0.25) is 5.91 Å². The van der Waals surface area contributed by atoms with Crippen molar-refractivity contribution >= 4 is 17.8 Å². The molecule has 2 atom stereocenters. The van der Waals surface area contributed by atoms with Gasteiger partial charge in [-0.2, -0.15) is 0 Å². The highest BCUT2D eigenvalue weighted by Crippen LogP contribution is 2.44. The third-order valence-electron chi connectivity index (χ3n) is 4.72. The quantitative estimate of drug-likeness (QED) is 0.730. The maximum atomic E-state index is 12.5. The predicted octanol–water partition coefficient (Wildman–Crippen LogP) is -0.0569. The number of aliphatic hydroxyl groups excluding tert-OH is 1. The van der Waals surface area contributed by atoms with Gasteiger partial charge in [0.25, 0.3) is 5.91 Å². The van der Waals surface area contributed by atoms with E-state index in [0.29, 0.717) is 0 Å². The van der Waals surface area contributed by atoms with E-state index in [1.165, 1.54) is 21.9 Å². The molecule has 0 aromatic carbocycles. The van der Waals surface area contributed by atoms with Crippen LogP contribution >= 0.6 is 0 Å². The van der Waals surface area contributed by atoms with Gasteiger partial charge in [-0.1, -0.05) is 6.08 Å². The van der Waals surface area contributed by atoms with E-state index in [1.54, 1.807) is 6.08 Å². The van der Waals surface area contributed by atoms with E-state index in [-0.39, 0.29) is 50.2 Å². The summed E-state index contributed by atoms with van der Waals surface area (Å²) in [6, 6.07) is 2.91. The number of aliphatic carboxylic acids is 1. The van der Waals surface area contributed by atoms with Crippen molar-refractivity contribution in [3.05, 3.63) is 36.3 Å². The summed E-state index contributed by atoms with van der Waals surface area (Å²) in [5, 5.41) is 18.7. The first kappa shape index (κ1) is 16.3. The Morgan fingerprint density at radius 3 is 2.71 bits per heavy atom. The molecule has 3 heterocycles. The normalized spacial score (nSPS) is 25.9. The highest BCUT2D eigenvalue weighted by Gasteiger charge is 2.62. The van der Waals surface area contributed by atoms with Gasteiger partial charge in [-0.15, -0.1) is 6.58 Å². The van der Waals surface area contributed by atoms with Crippen LogP contribution in [0.4, 0.5) is 0 Å². The highest BCUT2D eigenvalue weighted by molar-refractivity contribution is 5.97. The summed E-state index contributed by atoms with van der Waals surface area (Å²) in [6.45, 7) is 3.57. The van der Waals surface area contributed by atoms with Crippen LogP contribution in [0, 0.1) is 11.3 Å². The number of carbonyl (C=O) groups is 3. The number of furan rings is 1. The number of aliphatic hydroxyl groups is 1. The minimum Gasteiger partial charge on any atom is -0.481 e. The largest absolute Gasteiger partial charge is 0.481 e. The fourth-order valence-corrected chi connectivity index (χ4v) is 3.51. The maximum absolute atomic E-state index is 12.5. The van der Waals surface area contributed by atoms with Crippen LogP contribution in [0.5, 0.6) is 0 Å². The molecular weight excluding hydrogens is 316 g/mol. The Balaban J connectivity index is 1.84. The highest BCUT2D eigenvalue weighted by atomic mass is 16.4. The second-order valence-corrected chi connectivity index (χ2v) is 6.13. The van der Waals surface area contributed by atoms with Crippen LogP contribution in [0.2, 0.25) is 0 Å². The maximum Gasteiger partial charge on any atom is 0.314 e. The third kappa shape index (κ3) is 2.30. The van der Waals surface area contributed by atoms with Crippen molar-refractivity contribution in [2.75, 3.05) is 26.2 Å². The average Bonchev–Trinajstić information content (AvgIpc) is 3.23. The Hall–Kier alpha value is -2.61. The SMILES string of the molecule is C=CCN1C[C@]2(C(=O)O)CN(C(=O)c3ccc(CO)o3)C[C@@H]2C1=O. The van der Waals surface area contributed by atoms with Crippen LogP contribution in [0.1, 0.15) is 16.3 Å². The molecule has 2 amide bonds. The fourth-order valence-electron chi connectivity index (χ4n) is 3.51. The van der Waals surface area contributed by atoms with Gasteiger partial charge in [0.1, 0.15) is 17.8 Å². The number of hydrogen-bond acceptors (Lipinski definition) is 5. The molecule has 128 valence electrons. The number of carboxylic acids is 1. The van der Waals surface area contributed by atoms with Crippen molar-refractivity contribution < 1.29 is 29.0 Å². The number of carbonyl (C=O) groups excluding carboxylic acids is 2. The van der Waals surface area contributed by atoms with E-state index in [9.17, 15) is 19.5 Å². The molecule has 1 aromatic heterocycles. The van der Waals surface area contributed by atoms with Crippen molar-refractivity contribution in [3.8, 4) is 0 Å². The molecule has 8 heteroatoms. The van der Waals surface area contributed by atoms with Crippen molar-refractivity contribution in [2.45, 2.75) is 6.61 Å². The molecule has 3 rings (SSSR count). The monoisotopic (exact) mass is 334 g/mol. The van der Waals surface area contributed by atoms with Crippen LogP contribution in [-0.2, 0) is 16.2 Å². The Labute approximate surface area is 137 Å². The lowest BCUT2D eigenvalue weighted by Gasteiger charge is -2.24. The molecule has 24 heavy (non-hydrogen) atoms. The summed E-state index contributed by atoms with van der Waals surface area (Å²) >= 11 is 0. The number of nitrogens with zero attached hydrogens (tertiary/aromatic N) is 2. The molecule has 0 spiro atoms. The molecule has 8 nitrogen and oxygen atoms in total. The number of fused-ring (bicyclic) bond motifs is 1. The van der Waals surface area contributed by atoms with E-state index in [4.69, 9.17) is 9.52 Å². The Morgan fingerprint density at radius 1 is 1.42 bits per heavy atom. The molecule has 2 saturated heterocycles. The molecule has 0 bridgehead atoms. The summed E-state index contributed by atoms with van der Waals surface area (Å²) in [4.78, 5) is 39.6. The Morgan fingerprint density at radius 2 is 2.17 bits per heavy atom. The number of amides is 2. The summed E-state index contributed by atoms with van der Waals surface area (Å²) in [7, 11) is 0. The zero-order valence-electron chi connectivity index (χ0n) is 13.0. The van der Waals surface area contributed by atoms with Gasteiger partial charge in [-0.25, -0.2) is 0 Å². The molecule has 0 aliphatic carbocycles. The van der Waals surface area contributed by atoms with Crippen LogP contribution in [0.3, 0.4) is 0 Å². The van der Waals surface area contributed by atoms with E-state index in [0.717, 1.165) is 0 Å². The Bertz CT molecular complexity index is 711. The fraction of sp³-hybridized carbons (Fsp3) is 0.438. The molecule has 2 fully saturated rings. The third-order valence-corrected chi connectivity index (χ3v) is 4.72. The van der Waals surface area contributed by atoms with E-state index >= 15 is 0 Å². The van der Waals surface area contributed by atoms with Gasteiger partial charge in [0, 0.05) is 26.2 Å². The molecule has 0 radical (unpaired) electrons. The first-order chi connectivity index (χ1) is 11.4. The average molecular weight is 334 g/mol. The number of hydrogen-bond donors (Lipinski definition) is 2. The Kier molecular flexibility index (Phi) is 3.92. The molecule has 2 aliphatic heterocycles. The van der Waals surface area contributed by atoms with Crippen molar-refractivity contribution in [3.63, 3.8) is 0 Å². The van der Waals surface area contributed by atoms with E-state index in [2.05, 4.69) is 6.58 Å². The number of carboxylic acid groups (broad SMARTS) is 1. The lowest BCUT2D eigenvalue weighted by molar-refractivity contribution is -0.149. The van der Waals surface area contributed by atoms with Crippen LogP contribution in [0.15, 0.2) is 29.2 Å². The molecule has 0 unspecified atom stereocenters. The summed E-state index contributed by atoms with van der Waals surface area (Å²) in [6.07, 6.45) is 1.55. The summed E-state index contributed by atoms with van der Waals surface area (Å²) in [5.74, 6) is -2.34. The van der Waals surface area contributed by atoms with E-state index < -0.39 is 23.2 Å². The van der Waals surface area contributed by atoms with Crippen LogP contribution < -0.4 is 0 Å². The lowest BCUT2D eigenvalue weighted by Crippen LogP contribution is -2.42. The summed E-state index contributed by atoms with van der Waals surface area (Å²) < 4.78 is 5.21. The first-order valence-electron chi connectivity index (χ1n) is 7.55. The van der Waals surface area contributed by atoms with Gasteiger partial charge in [0.15, 0.2) is 5.76 Å². The molecule has 1 aromatic rings. The zero-order chi connectivity index (χ0) is 17.5. The second-order valence-electron chi connectivity index (χ2n) is 6.13. The van der Waals surface area contributed by atoms with Crippen molar-refractivity contribution in [1.29, 1.82) is 0 Å². The standard InChI is InChI=1S/C16H18N2O6/c1-2-5-17-8-16(15(22)23)9-18(6-11(16)13(17)20)14(21)12-4-3-10(7-19)24-12/h2-4,11,19H,1,5-9H2,(H,22,23)/t11-,16+/m1/s1. The molecular formula is C16H18N2O6. The van der Waals surface area contributed by atoms with Crippen molar-refractivity contribution in [2.24, 2.45) is 11.3 Å². The topological polar surface area (TPSA) is 111 Å². The summed E-state index contributed by atoms with van der Waals surface area (Å²) in [5.41, 5.74) is -1.30. The molecule has 0 saturated carbocycles. The molecule has 2 aliphatic rings. The van der Waals surface area contributed by atoms with Gasteiger partial charge >= 0.3 is 5.97 Å². The van der Waals surface area contributed by atoms with Gasteiger partial charge in [-0.05, 0) is 12.1 Å². The molecule has 2 N–H and O–H groups in total. The lowest BCUT2D eigenvalue weighted by atomic mass is 9.81. The van der Waals surface area contributed by atoms with Gasteiger partial charge < -0.3 is 24.4 Å². The smallest absolute Gasteiger partial charge is 0.314 e. The van der Waals surface area contributed by atoms with Crippen molar-refractivity contribution in [1.82, 2.24) is 9.80 Å². The second kappa shape index (κ2) is 5.79. The van der Waals surface area contributed by atoms with E-state index in [1.807, 2.05) is 0 Å². The number of likely N-dealkylation sites (tertiary alicyclic amines) is 2. The first-order valence-corrected chi connectivity index (χ1v) is 7.55. The minimum absolute atomic E-state index is 0.0231. The van der Waals surface area contributed by atoms with Crippen LogP contribution in [-0.4, -0.2) is 64.0 Å². The van der Waals surface area contributed by atoms with Crippen LogP contribution in [0.25, 0.3) is 0 Å².